The lowest BCUT2D eigenvalue weighted by Gasteiger charge is -2.35. The molecular weight excluding hydrogens is 408 g/mol. The van der Waals surface area contributed by atoms with Gasteiger partial charge in [-0.15, -0.1) is 0 Å². The van der Waals surface area contributed by atoms with Crippen molar-refractivity contribution in [3.8, 4) is 5.75 Å². The van der Waals surface area contributed by atoms with E-state index in [4.69, 9.17) is 9.47 Å². The highest BCUT2D eigenvalue weighted by Gasteiger charge is 2.24. The molecule has 3 rings (SSSR count). The van der Waals surface area contributed by atoms with Gasteiger partial charge >= 0.3 is 0 Å². The molecule has 1 unspecified atom stereocenters. The zero-order valence-corrected chi connectivity index (χ0v) is 17.3. The summed E-state index contributed by atoms with van der Waals surface area (Å²) in [5.74, 6) is 0.540. The number of morpholine rings is 1. The quantitative estimate of drug-likeness (QED) is 0.757. The molecule has 5 nitrogen and oxygen atoms in total. The highest BCUT2D eigenvalue weighted by molar-refractivity contribution is 9.10. The third-order valence-electron chi connectivity index (χ3n) is 4.79. The van der Waals surface area contributed by atoms with Crippen molar-refractivity contribution in [1.82, 2.24) is 10.2 Å². The predicted molar refractivity (Wildman–Crippen MR) is 109 cm³/mol. The fourth-order valence-corrected chi connectivity index (χ4v) is 3.74. The number of hydrogen-bond acceptors (Lipinski definition) is 4. The van der Waals surface area contributed by atoms with Gasteiger partial charge < -0.3 is 14.8 Å². The summed E-state index contributed by atoms with van der Waals surface area (Å²) in [4.78, 5) is 15.2. The van der Waals surface area contributed by atoms with Crippen molar-refractivity contribution in [2.45, 2.75) is 13.0 Å². The molecule has 144 valence electrons. The number of amides is 1. The number of nitrogens with zero attached hydrogens (tertiary/aromatic N) is 1. The summed E-state index contributed by atoms with van der Waals surface area (Å²) in [6, 6.07) is 14.0. The van der Waals surface area contributed by atoms with Gasteiger partial charge in [0.1, 0.15) is 5.75 Å². The van der Waals surface area contributed by atoms with E-state index in [1.54, 1.807) is 13.2 Å². The molecule has 1 atom stereocenters. The smallest absolute Gasteiger partial charge is 0.252 e. The number of aryl methyl sites for hydroxylation is 1. The highest BCUT2D eigenvalue weighted by atomic mass is 79.9. The standard InChI is InChI=1S/C21H25BrN2O3/c1-15-4-3-5-16(12-15)20(24-8-10-27-11-9-24)14-23-21(25)18-13-17(26-2)6-7-19(18)22/h3-7,12-13,20H,8-11,14H2,1-2H3,(H,23,25). The molecule has 0 aromatic heterocycles. The first kappa shape index (κ1) is 19.9. The van der Waals surface area contributed by atoms with Gasteiger partial charge in [0.15, 0.2) is 0 Å². The normalized spacial score (nSPS) is 16.0. The van der Waals surface area contributed by atoms with Crippen molar-refractivity contribution in [3.63, 3.8) is 0 Å². The minimum Gasteiger partial charge on any atom is -0.497 e. The zero-order chi connectivity index (χ0) is 19.2. The molecule has 1 aliphatic rings. The molecule has 0 bridgehead atoms. The van der Waals surface area contributed by atoms with E-state index >= 15 is 0 Å². The maximum atomic E-state index is 12.8. The van der Waals surface area contributed by atoms with Crippen LogP contribution in [0.15, 0.2) is 46.9 Å². The van der Waals surface area contributed by atoms with E-state index in [-0.39, 0.29) is 11.9 Å². The lowest BCUT2D eigenvalue weighted by atomic mass is 10.0. The molecule has 0 radical (unpaired) electrons. The predicted octanol–water partition coefficient (Wildman–Crippen LogP) is 3.57. The number of carbonyl (C=O) groups is 1. The Bertz CT molecular complexity index is 791. The molecule has 0 spiro atoms. The number of halogens is 1. The van der Waals surface area contributed by atoms with E-state index < -0.39 is 0 Å². The molecule has 6 heteroatoms. The average Bonchev–Trinajstić information content (AvgIpc) is 2.69. The second-order valence-corrected chi connectivity index (χ2v) is 7.49. The highest BCUT2D eigenvalue weighted by Crippen LogP contribution is 2.24. The topological polar surface area (TPSA) is 50.8 Å². The van der Waals surface area contributed by atoms with Gasteiger partial charge in [-0.3, -0.25) is 9.69 Å². The van der Waals surface area contributed by atoms with Crippen molar-refractivity contribution in [1.29, 1.82) is 0 Å². The molecule has 1 N–H and O–H groups in total. The number of hydrogen-bond donors (Lipinski definition) is 1. The Morgan fingerprint density at radius 2 is 2.04 bits per heavy atom. The summed E-state index contributed by atoms with van der Waals surface area (Å²) in [6.07, 6.45) is 0. The van der Waals surface area contributed by atoms with Crippen LogP contribution in [-0.4, -0.2) is 50.8 Å². The maximum absolute atomic E-state index is 12.8. The van der Waals surface area contributed by atoms with Crippen LogP contribution in [0, 0.1) is 6.92 Å². The molecule has 1 heterocycles. The molecule has 0 aliphatic carbocycles. The van der Waals surface area contributed by atoms with E-state index in [1.165, 1.54) is 11.1 Å². The molecule has 2 aromatic carbocycles. The van der Waals surface area contributed by atoms with Gasteiger partial charge in [-0.1, -0.05) is 29.8 Å². The second-order valence-electron chi connectivity index (χ2n) is 6.63. The Kier molecular flexibility index (Phi) is 6.88. The number of carbonyl (C=O) groups excluding carboxylic acids is 1. The minimum atomic E-state index is -0.119. The largest absolute Gasteiger partial charge is 0.497 e. The Morgan fingerprint density at radius 3 is 2.74 bits per heavy atom. The van der Waals surface area contributed by atoms with E-state index in [0.717, 1.165) is 30.8 Å². The van der Waals surface area contributed by atoms with E-state index in [9.17, 15) is 4.79 Å². The first-order chi connectivity index (χ1) is 13.1. The molecule has 1 amide bonds. The van der Waals surface area contributed by atoms with Crippen LogP contribution in [0.25, 0.3) is 0 Å². The molecule has 0 saturated carbocycles. The van der Waals surface area contributed by atoms with Crippen molar-refractivity contribution >= 4 is 21.8 Å². The molecule has 1 aliphatic heterocycles. The van der Waals surface area contributed by atoms with Crippen LogP contribution >= 0.6 is 15.9 Å². The average molecular weight is 433 g/mol. The van der Waals surface area contributed by atoms with E-state index in [0.29, 0.717) is 17.9 Å². The Balaban J connectivity index is 1.77. The van der Waals surface area contributed by atoms with Gasteiger partial charge in [0.2, 0.25) is 0 Å². The van der Waals surface area contributed by atoms with Crippen LogP contribution < -0.4 is 10.1 Å². The summed E-state index contributed by atoms with van der Waals surface area (Å²) < 4.78 is 11.5. The SMILES string of the molecule is COc1ccc(Br)c(C(=O)NCC(c2cccc(C)c2)N2CCOCC2)c1. The Hall–Kier alpha value is -1.89. The third kappa shape index (κ3) is 5.09. The van der Waals surface area contributed by atoms with Crippen LogP contribution in [0.1, 0.15) is 27.5 Å². The van der Waals surface area contributed by atoms with E-state index in [1.807, 2.05) is 12.1 Å². The lowest BCUT2D eigenvalue weighted by Crippen LogP contribution is -2.43. The first-order valence-corrected chi connectivity index (χ1v) is 9.88. The fraction of sp³-hybridized carbons (Fsp3) is 0.381. The van der Waals surface area contributed by atoms with Crippen LogP contribution in [0.3, 0.4) is 0 Å². The molecule has 27 heavy (non-hydrogen) atoms. The van der Waals surface area contributed by atoms with Gasteiger partial charge in [-0.25, -0.2) is 0 Å². The van der Waals surface area contributed by atoms with Gasteiger partial charge in [0, 0.05) is 24.1 Å². The third-order valence-corrected chi connectivity index (χ3v) is 5.48. The number of nitrogens with one attached hydrogen (secondary N) is 1. The second kappa shape index (κ2) is 9.35. The van der Waals surface area contributed by atoms with Crippen molar-refractivity contribution < 1.29 is 14.3 Å². The molecular formula is C21H25BrN2O3. The minimum absolute atomic E-state index is 0.113. The van der Waals surface area contributed by atoms with Crippen LogP contribution in [-0.2, 0) is 4.74 Å². The van der Waals surface area contributed by atoms with Gasteiger partial charge in [-0.05, 0) is 46.6 Å². The van der Waals surface area contributed by atoms with Crippen molar-refractivity contribution in [2.75, 3.05) is 40.0 Å². The number of benzene rings is 2. The fourth-order valence-electron chi connectivity index (χ4n) is 3.31. The summed E-state index contributed by atoms with van der Waals surface area (Å²) in [5.41, 5.74) is 2.99. The maximum Gasteiger partial charge on any atom is 0.252 e. The summed E-state index contributed by atoms with van der Waals surface area (Å²) in [5, 5.41) is 3.10. The molecule has 1 saturated heterocycles. The van der Waals surface area contributed by atoms with E-state index in [2.05, 4.69) is 57.3 Å². The Morgan fingerprint density at radius 1 is 1.26 bits per heavy atom. The summed E-state index contributed by atoms with van der Waals surface area (Å²) in [7, 11) is 1.59. The summed E-state index contributed by atoms with van der Waals surface area (Å²) >= 11 is 3.45. The number of ether oxygens (including phenoxy) is 2. The van der Waals surface area contributed by atoms with Gasteiger partial charge in [-0.2, -0.15) is 0 Å². The number of methoxy groups -OCH3 is 1. The van der Waals surface area contributed by atoms with Gasteiger partial charge in [0.25, 0.3) is 5.91 Å². The van der Waals surface area contributed by atoms with Crippen LogP contribution in [0.4, 0.5) is 0 Å². The molecule has 1 fully saturated rings. The van der Waals surface area contributed by atoms with Crippen molar-refractivity contribution in [2.24, 2.45) is 0 Å². The van der Waals surface area contributed by atoms with Gasteiger partial charge in [0.05, 0.1) is 31.9 Å². The van der Waals surface area contributed by atoms with Crippen LogP contribution in [0.2, 0.25) is 0 Å². The summed E-state index contributed by atoms with van der Waals surface area (Å²) in [6.45, 7) is 5.78. The lowest BCUT2D eigenvalue weighted by molar-refractivity contribution is 0.0162. The zero-order valence-electron chi connectivity index (χ0n) is 15.7. The molecule has 2 aromatic rings. The first-order valence-electron chi connectivity index (χ1n) is 9.08. The van der Waals surface area contributed by atoms with Crippen molar-refractivity contribution in [3.05, 3.63) is 63.6 Å². The number of rotatable bonds is 6. The van der Waals surface area contributed by atoms with Crippen LogP contribution in [0.5, 0.6) is 5.75 Å². The monoisotopic (exact) mass is 432 g/mol. The Labute approximate surface area is 168 Å².